The normalized spacial score (nSPS) is 14.3. The van der Waals surface area contributed by atoms with Crippen LogP contribution in [0.25, 0.3) is 0 Å². The highest BCUT2D eigenvalue weighted by Gasteiger charge is 2.27. The molecule has 0 atom stereocenters. The van der Waals surface area contributed by atoms with Crippen LogP contribution in [0.15, 0.2) is 18.2 Å². The molecule has 0 aliphatic heterocycles. The molecule has 0 bridgehead atoms. The molecule has 1 aromatic heterocycles. The fourth-order valence-electron chi connectivity index (χ4n) is 1.80. The van der Waals surface area contributed by atoms with Crippen LogP contribution < -0.4 is 5.32 Å². The van der Waals surface area contributed by atoms with Crippen LogP contribution >= 0.6 is 11.3 Å². The second kappa shape index (κ2) is 5.24. The zero-order chi connectivity index (χ0) is 14.1. The number of carbonyl (C=O) groups is 1. The van der Waals surface area contributed by atoms with Crippen LogP contribution in [-0.2, 0) is 11.2 Å². The van der Waals surface area contributed by atoms with Crippen LogP contribution in [0.1, 0.15) is 29.3 Å². The van der Waals surface area contributed by atoms with Gasteiger partial charge < -0.3 is 5.32 Å². The lowest BCUT2D eigenvalue weighted by atomic mass is 10.1. The van der Waals surface area contributed by atoms with Crippen molar-refractivity contribution in [2.75, 3.05) is 5.32 Å². The number of carbonyl (C=O) groups excluding carboxylic acids is 1. The van der Waals surface area contributed by atoms with E-state index in [4.69, 9.17) is 0 Å². The summed E-state index contributed by atoms with van der Waals surface area (Å²) in [5.41, 5.74) is 0.0226. The fraction of sp³-hybridized carbons (Fsp3) is 0.308. The number of rotatable bonds is 4. The Hall–Kier alpha value is -1.89. The van der Waals surface area contributed by atoms with Crippen LogP contribution in [0, 0.1) is 11.6 Å². The molecular weight excluding hydrogens is 284 g/mol. The summed E-state index contributed by atoms with van der Waals surface area (Å²) in [4.78, 5) is 11.8. The van der Waals surface area contributed by atoms with Gasteiger partial charge in [0.15, 0.2) is 11.6 Å². The van der Waals surface area contributed by atoms with Crippen LogP contribution in [-0.4, -0.2) is 16.1 Å². The van der Waals surface area contributed by atoms with E-state index in [-0.39, 0.29) is 12.0 Å². The second-order valence-electron chi connectivity index (χ2n) is 4.66. The Morgan fingerprint density at radius 1 is 1.35 bits per heavy atom. The zero-order valence-corrected chi connectivity index (χ0v) is 11.2. The van der Waals surface area contributed by atoms with E-state index >= 15 is 0 Å². The van der Waals surface area contributed by atoms with E-state index in [9.17, 15) is 13.6 Å². The third kappa shape index (κ3) is 2.82. The van der Waals surface area contributed by atoms with Gasteiger partial charge in [0, 0.05) is 11.5 Å². The first-order valence-corrected chi connectivity index (χ1v) is 7.01. The van der Waals surface area contributed by atoms with Crippen molar-refractivity contribution in [3.8, 4) is 0 Å². The van der Waals surface area contributed by atoms with Crippen LogP contribution in [0.5, 0.6) is 0 Å². The van der Waals surface area contributed by atoms with E-state index in [1.54, 1.807) is 0 Å². The number of halogens is 2. The maximum Gasteiger partial charge on any atom is 0.230 e. The molecule has 3 rings (SSSR count). The monoisotopic (exact) mass is 295 g/mol. The summed E-state index contributed by atoms with van der Waals surface area (Å²) in [5, 5.41) is 11.7. The van der Waals surface area contributed by atoms with E-state index in [1.807, 2.05) is 0 Å². The van der Waals surface area contributed by atoms with E-state index in [0.29, 0.717) is 11.0 Å². The molecule has 1 amide bonds. The lowest BCUT2D eigenvalue weighted by Gasteiger charge is -2.03. The lowest BCUT2D eigenvalue weighted by molar-refractivity contribution is -0.115. The average molecular weight is 295 g/mol. The molecule has 1 heterocycles. The van der Waals surface area contributed by atoms with Crippen LogP contribution in [0.2, 0.25) is 0 Å². The first-order chi connectivity index (χ1) is 9.63. The van der Waals surface area contributed by atoms with Gasteiger partial charge in [-0.2, -0.15) is 0 Å². The molecule has 4 nitrogen and oxygen atoms in total. The molecule has 1 aliphatic carbocycles. The summed E-state index contributed by atoms with van der Waals surface area (Å²) in [6, 6.07) is 3.77. The molecule has 1 fully saturated rings. The van der Waals surface area contributed by atoms with Gasteiger partial charge in [0.1, 0.15) is 5.01 Å². The van der Waals surface area contributed by atoms with Gasteiger partial charge in [-0.05, 0) is 18.9 Å². The summed E-state index contributed by atoms with van der Waals surface area (Å²) in [7, 11) is 0. The van der Waals surface area contributed by atoms with E-state index in [0.717, 1.165) is 23.9 Å². The number of nitrogens with one attached hydrogen (secondary N) is 1. The Balaban J connectivity index is 1.65. The van der Waals surface area contributed by atoms with Crippen molar-refractivity contribution in [3.63, 3.8) is 0 Å². The molecule has 0 radical (unpaired) electrons. The number of anilines is 1. The summed E-state index contributed by atoms with van der Waals surface area (Å²) in [6.07, 6.45) is 1.98. The number of amides is 1. The number of aromatic nitrogens is 2. The van der Waals surface area contributed by atoms with E-state index in [1.165, 1.54) is 23.5 Å². The zero-order valence-electron chi connectivity index (χ0n) is 10.4. The molecule has 20 heavy (non-hydrogen) atoms. The van der Waals surface area contributed by atoms with Gasteiger partial charge in [-0.25, -0.2) is 8.78 Å². The minimum atomic E-state index is -0.987. The molecule has 104 valence electrons. The first kappa shape index (κ1) is 13.1. The number of benzene rings is 1. The summed E-state index contributed by atoms with van der Waals surface area (Å²) < 4.78 is 26.5. The van der Waals surface area contributed by atoms with Gasteiger partial charge in [-0.1, -0.05) is 23.5 Å². The minimum absolute atomic E-state index is 0.0226. The van der Waals surface area contributed by atoms with Crippen molar-refractivity contribution in [2.24, 2.45) is 0 Å². The van der Waals surface area contributed by atoms with Crippen molar-refractivity contribution < 1.29 is 13.6 Å². The maximum atomic E-state index is 13.4. The predicted molar refractivity (Wildman–Crippen MR) is 70.6 cm³/mol. The molecule has 1 aliphatic rings. The standard InChI is InChI=1S/C13H11F2N3OS/c14-9-3-1-2-8(11(9)15)6-10(19)16-13-18-17-12(20-13)7-4-5-7/h1-3,7H,4-6H2,(H,16,18,19). The van der Waals surface area contributed by atoms with Crippen molar-refractivity contribution in [2.45, 2.75) is 25.2 Å². The smallest absolute Gasteiger partial charge is 0.230 e. The van der Waals surface area contributed by atoms with Gasteiger partial charge in [0.2, 0.25) is 11.0 Å². The quantitative estimate of drug-likeness (QED) is 0.943. The highest BCUT2D eigenvalue weighted by molar-refractivity contribution is 7.15. The third-order valence-electron chi connectivity index (χ3n) is 3.00. The maximum absolute atomic E-state index is 13.4. The van der Waals surface area contributed by atoms with Crippen molar-refractivity contribution in [3.05, 3.63) is 40.4 Å². The molecule has 1 saturated carbocycles. The summed E-state index contributed by atoms with van der Waals surface area (Å²) >= 11 is 1.33. The van der Waals surface area contributed by atoms with Gasteiger partial charge >= 0.3 is 0 Å². The lowest BCUT2D eigenvalue weighted by Crippen LogP contribution is -2.15. The minimum Gasteiger partial charge on any atom is -0.300 e. The number of hydrogen-bond acceptors (Lipinski definition) is 4. The Labute approximate surface area is 117 Å². The van der Waals surface area contributed by atoms with Crippen molar-refractivity contribution >= 4 is 22.4 Å². The Bertz CT molecular complexity index is 655. The highest BCUT2D eigenvalue weighted by atomic mass is 32.1. The summed E-state index contributed by atoms with van der Waals surface area (Å²) in [6.45, 7) is 0. The number of nitrogens with zero attached hydrogens (tertiary/aromatic N) is 2. The third-order valence-corrected chi connectivity index (χ3v) is 4.00. The van der Waals surface area contributed by atoms with E-state index < -0.39 is 17.5 Å². The molecule has 7 heteroatoms. The molecular formula is C13H11F2N3OS. The van der Waals surface area contributed by atoms with E-state index in [2.05, 4.69) is 15.5 Å². The molecule has 0 spiro atoms. The van der Waals surface area contributed by atoms with Gasteiger partial charge in [-0.3, -0.25) is 4.79 Å². The topological polar surface area (TPSA) is 54.9 Å². The highest BCUT2D eigenvalue weighted by Crippen LogP contribution is 2.42. The Morgan fingerprint density at radius 3 is 2.90 bits per heavy atom. The Morgan fingerprint density at radius 2 is 2.15 bits per heavy atom. The van der Waals surface area contributed by atoms with Gasteiger partial charge in [0.05, 0.1) is 6.42 Å². The number of hydrogen-bond donors (Lipinski definition) is 1. The average Bonchev–Trinajstić information content (AvgIpc) is 3.16. The van der Waals surface area contributed by atoms with Gasteiger partial charge in [-0.15, -0.1) is 10.2 Å². The SMILES string of the molecule is O=C(Cc1cccc(F)c1F)Nc1nnc(C2CC2)s1. The Kier molecular flexibility index (Phi) is 3.43. The fourth-order valence-corrected chi connectivity index (χ4v) is 2.73. The van der Waals surface area contributed by atoms with Gasteiger partial charge in [0.25, 0.3) is 0 Å². The molecule has 2 aromatic rings. The molecule has 0 unspecified atom stereocenters. The summed E-state index contributed by atoms with van der Waals surface area (Å²) in [5.74, 6) is -1.91. The second-order valence-corrected chi connectivity index (χ2v) is 5.67. The molecule has 1 aromatic carbocycles. The van der Waals surface area contributed by atoms with Crippen LogP contribution in [0.3, 0.4) is 0 Å². The van der Waals surface area contributed by atoms with Crippen molar-refractivity contribution in [1.82, 2.24) is 10.2 Å². The van der Waals surface area contributed by atoms with Crippen LogP contribution in [0.4, 0.5) is 13.9 Å². The largest absolute Gasteiger partial charge is 0.300 e. The molecule has 0 saturated heterocycles. The predicted octanol–water partition coefficient (Wildman–Crippen LogP) is 2.87. The first-order valence-electron chi connectivity index (χ1n) is 6.19. The van der Waals surface area contributed by atoms with Crippen molar-refractivity contribution in [1.29, 1.82) is 0 Å². The molecule has 1 N–H and O–H groups in total.